The Morgan fingerprint density at radius 2 is 2.27 bits per heavy atom. The third-order valence-electron chi connectivity index (χ3n) is 2.75. The number of nitrogens with one attached hydrogen (secondary N) is 2. The lowest BCUT2D eigenvalue weighted by molar-refractivity contribution is 0.610. The van der Waals surface area contributed by atoms with E-state index in [0.717, 1.165) is 17.0 Å². The number of rotatable bonds is 3. The van der Waals surface area contributed by atoms with E-state index in [1.165, 1.54) is 10.9 Å². The van der Waals surface area contributed by atoms with Crippen molar-refractivity contribution in [2.24, 2.45) is 0 Å². The number of halogens is 1. The van der Waals surface area contributed by atoms with E-state index >= 15 is 0 Å². The number of aromatic nitrogens is 1. The van der Waals surface area contributed by atoms with Crippen molar-refractivity contribution in [2.45, 2.75) is 19.4 Å². The van der Waals surface area contributed by atoms with E-state index < -0.39 is 0 Å². The number of fused-ring (bicyclic) bond motifs is 1. The summed E-state index contributed by atoms with van der Waals surface area (Å²) < 4.78 is 0. The van der Waals surface area contributed by atoms with Gasteiger partial charge >= 0.3 is 0 Å². The van der Waals surface area contributed by atoms with Gasteiger partial charge in [0.25, 0.3) is 0 Å². The number of likely N-dealkylation sites (N-methyl/N-ethyl adjacent to an activating group) is 1. The van der Waals surface area contributed by atoms with Gasteiger partial charge in [-0.2, -0.15) is 0 Å². The Morgan fingerprint density at radius 1 is 1.47 bits per heavy atom. The second-order valence-electron chi connectivity index (χ2n) is 3.90. The molecule has 0 aliphatic rings. The van der Waals surface area contributed by atoms with Gasteiger partial charge in [0, 0.05) is 28.2 Å². The first-order valence-corrected chi connectivity index (χ1v) is 5.51. The van der Waals surface area contributed by atoms with Crippen molar-refractivity contribution in [1.29, 1.82) is 0 Å². The maximum Gasteiger partial charge on any atom is 0.0471 e. The van der Waals surface area contributed by atoms with E-state index in [9.17, 15) is 0 Å². The normalized spacial score (nSPS) is 13.3. The third kappa shape index (κ3) is 2.16. The highest BCUT2D eigenvalue weighted by molar-refractivity contribution is 6.31. The molecule has 1 unspecified atom stereocenters. The lowest BCUT2D eigenvalue weighted by Gasteiger charge is -2.08. The van der Waals surface area contributed by atoms with Crippen molar-refractivity contribution in [3.63, 3.8) is 0 Å². The van der Waals surface area contributed by atoms with Gasteiger partial charge in [0.15, 0.2) is 0 Å². The molecule has 1 heterocycles. The lowest BCUT2D eigenvalue weighted by atomic mass is 10.1. The van der Waals surface area contributed by atoms with Crippen LogP contribution in [0.4, 0.5) is 0 Å². The predicted octanol–water partition coefficient (Wildman–Crippen LogP) is 2.97. The van der Waals surface area contributed by atoms with Crippen LogP contribution in [0.25, 0.3) is 10.9 Å². The maximum absolute atomic E-state index is 5.93. The Hall–Kier alpha value is -0.990. The molecule has 15 heavy (non-hydrogen) atoms. The molecular formula is C12H15ClN2. The molecule has 0 aliphatic heterocycles. The molecule has 1 aromatic carbocycles. The summed E-state index contributed by atoms with van der Waals surface area (Å²) in [6.45, 7) is 2.18. The Balaban J connectivity index is 2.36. The van der Waals surface area contributed by atoms with Crippen molar-refractivity contribution < 1.29 is 0 Å². The summed E-state index contributed by atoms with van der Waals surface area (Å²) >= 11 is 5.93. The van der Waals surface area contributed by atoms with Gasteiger partial charge < -0.3 is 10.3 Å². The predicted molar refractivity (Wildman–Crippen MR) is 65.5 cm³/mol. The summed E-state index contributed by atoms with van der Waals surface area (Å²) in [5.41, 5.74) is 2.45. The van der Waals surface area contributed by atoms with Crippen LogP contribution in [0.5, 0.6) is 0 Å². The number of H-pyrrole nitrogens is 1. The summed E-state index contributed by atoms with van der Waals surface area (Å²) in [5, 5.41) is 5.28. The molecule has 0 radical (unpaired) electrons. The topological polar surface area (TPSA) is 27.8 Å². The summed E-state index contributed by atoms with van der Waals surface area (Å²) in [4.78, 5) is 3.25. The van der Waals surface area contributed by atoms with Gasteiger partial charge in [0.2, 0.25) is 0 Å². The van der Waals surface area contributed by atoms with E-state index in [4.69, 9.17) is 11.6 Å². The van der Waals surface area contributed by atoms with Crippen LogP contribution in [0.1, 0.15) is 12.5 Å². The molecule has 2 aromatic rings. The van der Waals surface area contributed by atoms with Crippen LogP contribution >= 0.6 is 11.6 Å². The van der Waals surface area contributed by atoms with Crippen molar-refractivity contribution in [3.05, 3.63) is 35.0 Å². The Bertz CT molecular complexity index is 462. The fourth-order valence-electron chi connectivity index (χ4n) is 1.76. The Kier molecular flexibility index (Phi) is 2.98. The van der Waals surface area contributed by atoms with E-state index in [2.05, 4.69) is 29.5 Å². The van der Waals surface area contributed by atoms with Crippen molar-refractivity contribution >= 4 is 22.5 Å². The highest BCUT2D eigenvalue weighted by Gasteiger charge is 2.06. The maximum atomic E-state index is 5.93. The minimum atomic E-state index is 0.486. The van der Waals surface area contributed by atoms with Gasteiger partial charge in [0.05, 0.1) is 0 Å². The van der Waals surface area contributed by atoms with Crippen LogP contribution in [0.15, 0.2) is 24.4 Å². The second-order valence-corrected chi connectivity index (χ2v) is 4.33. The standard InChI is InChI=1S/C12H15ClN2/c1-8(14-2)5-9-7-15-12-6-10(13)3-4-11(9)12/h3-4,6-8,14-15H,5H2,1-2H3. The molecule has 1 atom stereocenters. The van der Waals surface area contributed by atoms with Crippen molar-refractivity contribution in [3.8, 4) is 0 Å². The molecule has 0 spiro atoms. The summed E-state index contributed by atoms with van der Waals surface area (Å²) in [6, 6.07) is 6.46. The van der Waals surface area contributed by atoms with E-state index in [1.807, 2.05) is 19.2 Å². The van der Waals surface area contributed by atoms with Crippen LogP contribution in [-0.2, 0) is 6.42 Å². The van der Waals surface area contributed by atoms with E-state index in [0.29, 0.717) is 6.04 Å². The SMILES string of the molecule is CNC(C)Cc1c[nH]c2cc(Cl)ccc12. The van der Waals surface area contributed by atoms with Gasteiger partial charge in [-0.05, 0) is 38.1 Å². The number of hydrogen-bond donors (Lipinski definition) is 2. The molecule has 3 heteroatoms. The molecule has 0 fully saturated rings. The molecular weight excluding hydrogens is 208 g/mol. The first-order chi connectivity index (χ1) is 7.20. The minimum Gasteiger partial charge on any atom is -0.361 e. The molecule has 0 bridgehead atoms. The van der Waals surface area contributed by atoms with Crippen LogP contribution in [-0.4, -0.2) is 18.1 Å². The molecule has 1 aromatic heterocycles. The van der Waals surface area contributed by atoms with E-state index in [-0.39, 0.29) is 0 Å². The molecule has 2 nitrogen and oxygen atoms in total. The fraction of sp³-hybridized carbons (Fsp3) is 0.333. The average Bonchev–Trinajstić information content (AvgIpc) is 2.60. The van der Waals surface area contributed by atoms with Gasteiger partial charge in [0.1, 0.15) is 0 Å². The second kappa shape index (κ2) is 4.25. The summed E-state index contributed by atoms with van der Waals surface area (Å²) in [6.07, 6.45) is 3.09. The van der Waals surface area contributed by atoms with Crippen LogP contribution in [0.2, 0.25) is 5.02 Å². The van der Waals surface area contributed by atoms with Gasteiger partial charge in [-0.25, -0.2) is 0 Å². The Labute approximate surface area is 94.6 Å². The lowest BCUT2D eigenvalue weighted by Crippen LogP contribution is -2.23. The quantitative estimate of drug-likeness (QED) is 0.821. The van der Waals surface area contributed by atoms with Gasteiger partial charge in [-0.15, -0.1) is 0 Å². The fourth-order valence-corrected chi connectivity index (χ4v) is 1.93. The average molecular weight is 223 g/mol. The first kappa shape index (κ1) is 10.5. The molecule has 2 rings (SSSR count). The van der Waals surface area contributed by atoms with Crippen molar-refractivity contribution in [2.75, 3.05) is 7.05 Å². The molecule has 0 amide bonds. The zero-order valence-corrected chi connectivity index (χ0v) is 9.73. The third-order valence-corrected chi connectivity index (χ3v) is 2.98. The van der Waals surface area contributed by atoms with Crippen LogP contribution < -0.4 is 5.32 Å². The molecule has 0 saturated heterocycles. The Morgan fingerprint density at radius 3 is 3.00 bits per heavy atom. The summed E-state index contributed by atoms with van der Waals surface area (Å²) in [5.74, 6) is 0. The monoisotopic (exact) mass is 222 g/mol. The zero-order chi connectivity index (χ0) is 10.8. The van der Waals surface area contributed by atoms with Gasteiger partial charge in [-0.1, -0.05) is 17.7 Å². The number of benzene rings is 1. The highest BCUT2D eigenvalue weighted by atomic mass is 35.5. The van der Waals surface area contributed by atoms with Gasteiger partial charge in [-0.3, -0.25) is 0 Å². The van der Waals surface area contributed by atoms with Crippen LogP contribution in [0, 0.1) is 0 Å². The smallest absolute Gasteiger partial charge is 0.0471 e. The molecule has 80 valence electrons. The molecule has 0 saturated carbocycles. The highest BCUT2D eigenvalue weighted by Crippen LogP contribution is 2.22. The van der Waals surface area contributed by atoms with Crippen LogP contribution in [0.3, 0.4) is 0 Å². The zero-order valence-electron chi connectivity index (χ0n) is 8.97. The molecule has 2 N–H and O–H groups in total. The minimum absolute atomic E-state index is 0.486. The largest absolute Gasteiger partial charge is 0.361 e. The number of aromatic amines is 1. The van der Waals surface area contributed by atoms with Crippen molar-refractivity contribution in [1.82, 2.24) is 10.3 Å². The first-order valence-electron chi connectivity index (χ1n) is 5.13. The van der Waals surface area contributed by atoms with E-state index in [1.54, 1.807) is 0 Å². The molecule has 0 aliphatic carbocycles. The summed E-state index contributed by atoms with van der Waals surface area (Å²) in [7, 11) is 1.98. The number of hydrogen-bond acceptors (Lipinski definition) is 1.